The van der Waals surface area contributed by atoms with Crippen molar-refractivity contribution in [3.8, 4) is 11.1 Å². The molecule has 3 aromatic rings. The van der Waals surface area contributed by atoms with Crippen LogP contribution in [0, 0.1) is 0 Å². The van der Waals surface area contributed by atoms with Gasteiger partial charge in [-0.05, 0) is 69.0 Å². The molecular weight excluding hydrogens is 474 g/mol. The Kier molecular flexibility index (Phi) is 6.25. The summed E-state index contributed by atoms with van der Waals surface area (Å²) in [5.74, 6) is 0.653. The summed E-state index contributed by atoms with van der Waals surface area (Å²) in [6.45, 7) is 8.57. The molecule has 6 rings (SSSR count). The maximum absolute atomic E-state index is 12.4. The molecule has 198 valence electrons. The predicted octanol–water partition coefficient (Wildman–Crippen LogP) is 6.51. The second kappa shape index (κ2) is 9.61. The van der Waals surface area contributed by atoms with Gasteiger partial charge in [-0.1, -0.05) is 43.5 Å². The highest BCUT2D eigenvalue weighted by atomic mass is 16.6. The third kappa shape index (κ3) is 4.59. The molecule has 1 spiro atoms. The van der Waals surface area contributed by atoms with Crippen molar-refractivity contribution in [2.75, 3.05) is 36.4 Å². The van der Waals surface area contributed by atoms with Crippen molar-refractivity contribution in [1.29, 1.82) is 0 Å². The molecule has 7 heteroatoms. The molecule has 1 aromatic heterocycles. The molecule has 0 atom stereocenters. The van der Waals surface area contributed by atoms with Crippen LogP contribution in [0.5, 0.6) is 0 Å². The number of ether oxygens (including phenoxy) is 1. The first-order valence-electron chi connectivity index (χ1n) is 13.9. The van der Waals surface area contributed by atoms with E-state index in [2.05, 4.69) is 58.7 Å². The lowest BCUT2D eigenvalue weighted by Gasteiger charge is -2.36. The first kappa shape index (κ1) is 24.7. The van der Waals surface area contributed by atoms with Gasteiger partial charge in [0.05, 0.1) is 5.69 Å². The average molecular weight is 512 g/mol. The van der Waals surface area contributed by atoms with Gasteiger partial charge in [0, 0.05) is 54.7 Å². The zero-order chi connectivity index (χ0) is 26.3. The molecule has 0 unspecified atom stereocenters. The molecule has 3 aliphatic rings. The van der Waals surface area contributed by atoms with Crippen LogP contribution in [0.3, 0.4) is 0 Å². The molecule has 2 fully saturated rings. The van der Waals surface area contributed by atoms with E-state index in [4.69, 9.17) is 14.7 Å². The van der Waals surface area contributed by atoms with E-state index in [1.165, 1.54) is 41.6 Å². The summed E-state index contributed by atoms with van der Waals surface area (Å²) in [6.07, 6.45) is 7.88. The molecule has 1 saturated heterocycles. The summed E-state index contributed by atoms with van der Waals surface area (Å²) in [5.41, 5.74) is 6.77. The highest BCUT2D eigenvalue weighted by molar-refractivity contribution is 5.80. The van der Waals surface area contributed by atoms with Gasteiger partial charge in [-0.15, -0.1) is 0 Å². The Balaban J connectivity index is 1.14. The number of carbonyl (C=O) groups excluding carboxylic acids is 1. The Labute approximate surface area is 225 Å². The minimum absolute atomic E-state index is 0.0227. The van der Waals surface area contributed by atoms with Crippen LogP contribution < -0.4 is 10.2 Å². The molecule has 2 aromatic carbocycles. The maximum atomic E-state index is 12.4. The van der Waals surface area contributed by atoms with E-state index in [0.29, 0.717) is 19.0 Å². The number of anilines is 3. The normalized spacial score (nSPS) is 18.2. The lowest BCUT2D eigenvalue weighted by atomic mass is 9.69. The SMILES string of the molecule is CC(C)(C)OC(=O)N1CCN(c2ccc(Nc3ncc4c(n3)C3(CCCCC3)c3ccccc3-4)cc2)CC1. The van der Waals surface area contributed by atoms with Gasteiger partial charge in [0.2, 0.25) is 5.95 Å². The molecule has 1 amide bonds. The van der Waals surface area contributed by atoms with Gasteiger partial charge in [-0.3, -0.25) is 0 Å². The monoisotopic (exact) mass is 511 g/mol. The van der Waals surface area contributed by atoms with Crippen molar-refractivity contribution < 1.29 is 9.53 Å². The molecule has 38 heavy (non-hydrogen) atoms. The minimum atomic E-state index is -0.472. The van der Waals surface area contributed by atoms with E-state index in [-0.39, 0.29) is 11.5 Å². The van der Waals surface area contributed by atoms with Gasteiger partial charge in [0.15, 0.2) is 0 Å². The zero-order valence-corrected chi connectivity index (χ0v) is 22.7. The van der Waals surface area contributed by atoms with Crippen molar-refractivity contribution in [3.05, 3.63) is 66.0 Å². The molecular formula is C31H37N5O2. The second-order valence-electron chi connectivity index (χ2n) is 11.8. The Hall–Kier alpha value is -3.61. The van der Waals surface area contributed by atoms with E-state index in [1.54, 1.807) is 4.90 Å². The number of fused-ring (bicyclic) bond motifs is 5. The molecule has 0 bridgehead atoms. The van der Waals surface area contributed by atoms with Crippen molar-refractivity contribution in [2.24, 2.45) is 0 Å². The fraction of sp³-hybridized carbons (Fsp3) is 0.452. The van der Waals surface area contributed by atoms with Gasteiger partial charge in [-0.2, -0.15) is 0 Å². The summed E-state index contributed by atoms with van der Waals surface area (Å²) in [6, 6.07) is 17.2. The first-order valence-corrected chi connectivity index (χ1v) is 13.9. The topological polar surface area (TPSA) is 70.6 Å². The lowest BCUT2D eigenvalue weighted by molar-refractivity contribution is 0.0240. The highest BCUT2D eigenvalue weighted by Gasteiger charge is 2.45. The Morgan fingerprint density at radius 2 is 1.63 bits per heavy atom. The van der Waals surface area contributed by atoms with Crippen LogP contribution in [0.2, 0.25) is 0 Å². The van der Waals surface area contributed by atoms with Gasteiger partial charge in [-0.25, -0.2) is 14.8 Å². The molecule has 1 saturated carbocycles. The number of carbonyl (C=O) groups is 1. The second-order valence-corrected chi connectivity index (χ2v) is 11.8. The van der Waals surface area contributed by atoms with Gasteiger partial charge >= 0.3 is 6.09 Å². The van der Waals surface area contributed by atoms with E-state index in [9.17, 15) is 4.79 Å². The third-order valence-corrected chi connectivity index (χ3v) is 8.10. The van der Waals surface area contributed by atoms with Crippen LogP contribution in [-0.4, -0.2) is 52.7 Å². The van der Waals surface area contributed by atoms with Crippen LogP contribution in [0.15, 0.2) is 54.7 Å². The highest BCUT2D eigenvalue weighted by Crippen LogP contribution is 2.54. The molecule has 1 N–H and O–H groups in total. The summed E-state index contributed by atoms with van der Waals surface area (Å²) < 4.78 is 5.52. The number of rotatable bonds is 3. The van der Waals surface area contributed by atoms with Crippen LogP contribution in [0.25, 0.3) is 11.1 Å². The van der Waals surface area contributed by atoms with Crippen molar-refractivity contribution in [2.45, 2.75) is 63.9 Å². The van der Waals surface area contributed by atoms with Crippen LogP contribution in [0.1, 0.15) is 64.1 Å². The van der Waals surface area contributed by atoms with E-state index < -0.39 is 5.60 Å². The van der Waals surface area contributed by atoms with E-state index >= 15 is 0 Å². The summed E-state index contributed by atoms with van der Waals surface area (Å²) in [5, 5.41) is 3.45. The van der Waals surface area contributed by atoms with E-state index in [0.717, 1.165) is 37.3 Å². The maximum Gasteiger partial charge on any atom is 0.410 e. The molecule has 1 aliphatic heterocycles. The predicted molar refractivity (Wildman–Crippen MR) is 151 cm³/mol. The largest absolute Gasteiger partial charge is 0.444 e. The Morgan fingerprint density at radius 1 is 0.921 bits per heavy atom. The summed E-state index contributed by atoms with van der Waals surface area (Å²) in [7, 11) is 0. The van der Waals surface area contributed by atoms with Crippen LogP contribution >= 0.6 is 0 Å². The summed E-state index contributed by atoms with van der Waals surface area (Å²) in [4.78, 5) is 26.3. The van der Waals surface area contributed by atoms with Gasteiger partial charge < -0.3 is 19.9 Å². The molecule has 2 aliphatic carbocycles. The average Bonchev–Trinajstić information content (AvgIpc) is 3.17. The van der Waals surface area contributed by atoms with Crippen molar-refractivity contribution in [3.63, 3.8) is 0 Å². The number of aromatic nitrogens is 2. The number of benzene rings is 2. The minimum Gasteiger partial charge on any atom is -0.444 e. The lowest BCUT2D eigenvalue weighted by Crippen LogP contribution is -2.50. The smallest absolute Gasteiger partial charge is 0.410 e. The standard InChI is InChI=1S/C31H37N5O2/c1-30(2,3)38-29(37)36-19-17-35(18-20-36)23-13-11-22(12-14-23)33-28-32-21-25-24-9-5-6-10-26(24)31(27(25)34-28)15-7-4-8-16-31/h5-6,9-14,21H,4,7-8,15-20H2,1-3H3,(H,32,33,34). The van der Waals surface area contributed by atoms with E-state index in [1.807, 2.05) is 27.0 Å². The van der Waals surface area contributed by atoms with Crippen molar-refractivity contribution in [1.82, 2.24) is 14.9 Å². The molecule has 7 nitrogen and oxygen atoms in total. The summed E-state index contributed by atoms with van der Waals surface area (Å²) >= 11 is 0. The van der Waals surface area contributed by atoms with Crippen LogP contribution in [0.4, 0.5) is 22.1 Å². The Morgan fingerprint density at radius 3 is 2.34 bits per heavy atom. The number of amides is 1. The third-order valence-electron chi connectivity index (χ3n) is 8.10. The number of hydrogen-bond donors (Lipinski definition) is 1. The molecule has 0 radical (unpaired) electrons. The quantitative estimate of drug-likeness (QED) is 0.432. The Bertz CT molecular complexity index is 1320. The van der Waals surface area contributed by atoms with Crippen molar-refractivity contribution >= 4 is 23.4 Å². The van der Waals surface area contributed by atoms with Crippen LogP contribution in [-0.2, 0) is 10.2 Å². The number of hydrogen-bond acceptors (Lipinski definition) is 6. The fourth-order valence-corrected chi connectivity index (χ4v) is 6.29. The fourth-order valence-electron chi connectivity index (χ4n) is 6.29. The molecule has 2 heterocycles. The zero-order valence-electron chi connectivity index (χ0n) is 22.7. The number of piperazine rings is 1. The number of nitrogens with zero attached hydrogens (tertiary/aromatic N) is 4. The van der Waals surface area contributed by atoms with Gasteiger partial charge in [0.1, 0.15) is 5.60 Å². The first-order chi connectivity index (χ1) is 18.3. The number of nitrogens with one attached hydrogen (secondary N) is 1. The van der Waals surface area contributed by atoms with Gasteiger partial charge in [0.25, 0.3) is 0 Å².